The van der Waals surface area contributed by atoms with Crippen LogP contribution >= 0.6 is 18.9 Å². The van der Waals surface area contributed by atoms with Crippen molar-refractivity contribution in [3.8, 4) is 0 Å². The molecule has 1 fully saturated rings. The molecule has 0 radical (unpaired) electrons. The molecular formula is C4H9NO3P2. The minimum Gasteiger partial charge on any atom is -0.394 e. The highest BCUT2D eigenvalue weighted by Crippen LogP contribution is 2.27. The summed E-state index contributed by atoms with van der Waals surface area (Å²) in [5.74, 6) is -0.112. The Morgan fingerprint density at radius 1 is 1.80 bits per heavy atom. The van der Waals surface area contributed by atoms with Crippen LogP contribution in [-0.4, -0.2) is 34.4 Å². The molecule has 1 heterocycles. The Balaban J connectivity index is 2.52. The van der Waals surface area contributed by atoms with Crippen molar-refractivity contribution >= 4 is 24.8 Å². The second kappa shape index (κ2) is 3.10. The minimum atomic E-state index is -0.479. The van der Waals surface area contributed by atoms with Gasteiger partial charge in [-0.25, -0.2) is 0 Å². The zero-order valence-electron chi connectivity index (χ0n) is 5.23. The number of hydrogen-bond donors (Lipinski definition) is 1. The summed E-state index contributed by atoms with van der Waals surface area (Å²) < 4.78 is 6.11. The first kappa shape index (κ1) is 8.35. The van der Waals surface area contributed by atoms with Gasteiger partial charge in [-0.2, -0.15) is 0 Å². The van der Waals surface area contributed by atoms with Crippen molar-refractivity contribution < 1.29 is 14.4 Å². The van der Waals surface area contributed by atoms with E-state index in [9.17, 15) is 4.79 Å². The molecule has 1 amide bonds. The van der Waals surface area contributed by atoms with Crippen molar-refractivity contribution in [1.82, 2.24) is 4.67 Å². The Kier molecular flexibility index (Phi) is 2.59. The lowest BCUT2D eigenvalue weighted by molar-refractivity contribution is -0.153. The molecule has 0 aromatic rings. The zero-order chi connectivity index (χ0) is 7.72. The maximum atomic E-state index is 10.8. The SMILES string of the molecule is O=C1[C@H](OP)C(CO)N1P. The van der Waals surface area contributed by atoms with Crippen LogP contribution < -0.4 is 0 Å². The van der Waals surface area contributed by atoms with Gasteiger partial charge in [0.15, 0.2) is 6.10 Å². The Morgan fingerprint density at radius 3 is 2.70 bits per heavy atom. The van der Waals surface area contributed by atoms with E-state index in [1.165, 1.54) is 4.67 Å². The third kappa shape index (κ3) is 1.06. The molecule has 0 saturated carbocycles. The quantitative estimate of drug-likeness (QED) is 0.446. The average Bonchev–Trinajstić information content (AvgIpc) is 1.97. The maximum Gasteiger partial charge on any atom is 0.257 e. The van der Waals surface area contributed by atoms with E-state index in [0.717, 1.165) is 0 Å². The fourth-order valence-electron chi connectivity index (χ4n) is 0.871. The summed E-state index contributed by atoms with van der Waals surface area (Å²) in [6.07, 6.45) is -0.479. The van der Waals surface area contributed by atoms with Crippen LogP contribution in [0.25, 0.3) is 0 Å². The largest absolute Gasteiger partial charge is 0.394 e. The highest BCUT2D eigenvalue weighted by atomic mass is 31.0. The van der Waals surface area contributed by atoms with Crippen LogP contribution in [0.15, 0.2) is 0 Å². The molecule has 1 saturated heterocycles. The summed E-state index contributed by atoms with van der Waals surface area (Å²) in [6, 6.07) is -0.199. The topological polar surface area (TPSA) is 49.8 Å². The Morgan fingerprint density at radius 2 is 2.40 bits per heavy atom. The van der Waals surface area contributed by atoms with Gasteiger partial charge in [-0.1, -0.05) is 0 Å². The van der Waals surface area contributed by atoms with Gasteiger partial charge in [0.2, 0.25) is 0 Å². The number of hydrogen-bond acceptors (Lipinski definition) is 3. The molecule has 0 aliphatic carbocycles. The van der Waals surface area contributed by atoms with E-state index in [0.29, 0.717) is 0 Å². The van der Waals surface area contributed by atoms with Crippen molar-refractivity contribution in [3.05, 3.63) is 0 Å². The van der Waals surface area contributed by atoms with Gasteiger partial charge in [-0.3, -0.25) is 4.79 Å². The highest BCUT2D eigenvalue weighted by molar-refractivity contribution is 7.15. The van der Waals surface area contributed by atoms with Crippen molar-refractivity contribution in [2.75, 3.05) is 6.61 Å². The Hall–Kier alpha value is 0.250. The molecule has 0 aromatic heterocycles. The van der Waals surface area contributed by atoms with Gasteiger partial charge in [0, 0.05) is 9.47 Å². The molecular weight excluding hydrogens is 172 g/mol. The van der Waals surface area contributed by atoms with Crippen molar-refractivity contribution in [2.45, 2.75) is 12.1 Å². The normalized spacial score (nSPS) is 32.3. The van der Waals surface area contributed by atoms with Crippen LogP contribution in [0.1, 0.15) is 0 Å². The summed E-state index contributed by atoms with van der Waals surface area (Å²) in [6.45, 7) is -0.0612. The van der Waals surface area contributed by atoms with Crippen LogP contribution in [0, 0.1) is 0 Å². The van der Waals surface area contributed by atoms with E-state index in [-0.39, 0.29) is 18.6 Å². The van der Waals surface area contributed by atoms with E-state index in [1.54, 1.807) is 0 Å². The molecule has 4 atom stereocenters. The maximum absolute atomic E-state index is 10.8. The number of aliphatic hydroxyl groups excluding tert-OH is 1. The molecule has 6 heteroatoms. The van der Waals surface area contributed by atoms with Gasteiger partial charge in [-0.15, -0.1) is 0 Å². The summed E-state index contributed by atoms with van der Waals surface area (Å²) in [5, 5.41) is 8.68. The van der Waals surface area contributed by atoms with Crippen LogP contribution in [-0.2, 0) is 9.32 Å². The first-order chi connectivity index (χ1) is 4.72. The molecule has 1 aliphatic heterocycles. The number of rotatable bonds is 2. The van der Waals surface area contributed by atoms with Gasteiger partial charge in [0.25, 0.3) is 5.91 Å². The third-order valence-corrected chi connectivity index (χ3v) is 2.47. The summed E-state index contributed by atoms with van der Waals surface area (Å²) >= 11 is 0. The first-order valence-corrected chi connectivity index (χ1v) is 3.75. The van der Waals surface area contributed by atoms with Crippen molar-refractivity contribution in [2.24, 2.45) is 0 Å². The highest BCUT2D eigenvalue weighted by Gasteiger charge is 2.45. The first-order valence-electron chi connectivity index (χ1n) is 2.76. The molecule has 4 nitrogen and oxygen atoms in total. The Labute approximate surface area is 63.5 Å². The number of amides is 1. The predicted molar refractivity (Wildman–Crippen MR) is 42.0 cm³/mol. The fourth-order valence-corrected chi connectivity index (χ4v) is 1.57. The van der Waals surface area contributed by atoms with Crippen LogP contribution in [0.3, 0.4) is 0 Å². The van der Waals surface area contributed by atoms with E-state index in [1.807, 2.05) is 9.47 Å². The van der Waals surface area contributed by atoms with Crippen LogP contribution in [0.4, 0.5) is 0 Å². The van der Waals surface area contributed by atoms with Gasteiger partial charge in [0.1, 0.15) is 0 Å². The molecule has 1 N–H and O–H groups in total. The number of carbonyl (C=O) groups excluding carboxylic acids is 1. The molecule has 1 rings (SSSR count). The van der Waals surface area contributed by atoms with Crippen molar-refractivity contribution in [3.63, 3.8) is 0 Å². The van der Waals surface area contributed by atoms with E-state index < -0.39 is 6.10 Å². The van der Waals surface area contributed by atoms with E-state index >= 15 is 0 Å². The Bertz CT molecular complexity index is 153. The molecule has 3 unspecified atom stereocenters. The van der Waals surface area contributed by atoms with Crippen LogP contribution in [0.2, 0.25) is 0 Å². The lowest BCUT2D eigenvalue weighted by atomic mass is 10.0. The van der Waals surface area contributed by atoms with E-state index in [4.69, 9.17) is 9.63 Å². The lowest BCUT2D eigenvalue weighted by Crippen LogP contribution is -2.61. The average molecular weight is 181 g/mol. The smallest absolute Gasteiger partial charge is 0.257 e. The summed E-state index contributed by atoms with van der Waals surface area (Å²) in [5.41, 5.74) is 0. The van der Waals surface area contributed by atoms with Crippen molar-refractivity contribution in [1.29, 1.82) is 0 Å². The third-order valence-electron chi connectivity index (χ3n) is 1.54. The monoisotopic (exact) mass is 181 g/mol. The van der Waals surface area contributed by atoms with Gasteiger partial charge < -0.3 is 14.3 Å². The fraction of sp³-hybridized carbons (Fsp3) is 0.750. The zero-order valence-corrected chi connectivity index (χ0v) is 7.54. The predicted octanol–water partition coefficient (Wildman–Crippen LogP) is -0.845. The lowest BCUT2D eigenvalue weighted by Gasteiger charge is -2.42. The van der Waals surface area contributed by atoms with Gasteiger partial charge in [0.05, 0.1) is 12.6 Å². The number of carbonyl (C=O) groups is 1. The number of β-lactam (4-membered cyclic amide) rings is 1. The molecule has 0 spiro atoms. The molecule has 0 bridgehead atoms. The molecule has 58 valence electrons. The summed E-state index contributed by atoms with van der Waals surface area (Å²) in [7, 11) is 4.25. The van der Waals surface area contributed by atoms with E-state index in [2.05, 4.69) is 9.39 Å². The second-order valence-corrected chi connectivity index (χ2v) is 2.88. The summed E-state index contributed by atoms with van der Waals surface area (Å²) in [4.78, 5) is 10.8. The number of aliphatic hydroxyl groups is 1. The van der Waals surface area contributed by atoms with Crippen LogP contribution in [0.5, 0.6) is 0 Å². The standard InChI is InChI=1S/C4H9NO3P2/c6-1-2-3(8-10)4(7)5(2)9/h2-3,6H,1,9-10H2/t2?,3-/m1/s1. The van der Waals surface area contributed by atoms with Gasteiger partial charge in [-0.05, 0) is 9.39 Å². The minimum absolute atomic E-state index is 0.0612. The second-order valence-electron chi connectivity index (χ2n) is 2.05. The number of nitrogens with zero attached hydrogens (tertiary/aromatic N) is 1. The van der Waals surface area contributed by atoms with Gasteiger partial charge >= 0.3 is 0 Å². The molecule has 0 aromatic carbocycles. The molecule has 1 aliphatic rings. The molecule has 10 heavy (non-hydrogen) atoms.